The first-order valence-corrected chi connectivity index (χ1v) is 7.70. The number of thiocyanates is 1. The van der Waals surface area contributed by atoms with Crippen molar-refractivity contribution in [1.82, 2.24) is 10.6 Å². The third-order valence-corrected chi connectivity index (χ3v) is 3.24. The van der Waals surface area contributed by atoms with Crippen LogP contribution in [0.25, 0.3) is 0 Å². The number of nitrogens with one attached hydrogen (secondary N) is 3. The zero-order valence-electron chi connectivity index (χ0n) is 11.1. The number of thioether (sulfide) groups is 1. The summed E-state index contributed by atoms with van der Waals surface area (Å²) in [6.45, 7) is 3.47. The van der Waals surface area contributed by atoms with Crippen molar-refractivity contribution in [1.29, 1.82) is 5.26 Å². The van der Waals surface area contributed by atoms with Crippen molar-refractivity contribution >= 4 is 52.0 Å². The summed E-state index contributed by atoms with van der Waals surface area (Å²) < 4.78 is 0. The van der Waals surface area contributed by atoms with Gasteiger partial charge in [-0.25, -0.2) is 0 Å². The minimum absolute atomic E-state index is 0.572. The van der Waals surface area contributed by atoms with Crippen molar-refractivity contribution in [3.8, 4) is 5.40 Å². The lowest BCUT2D eigenvalue weighted by Crippen LogP contribution is -2.31. The molecule has 0 atom stereocenters. The van der Waals surface area contributed by atoms with Crippen molar-refractivity contribution in [2.45, 2.75) is 18.2 Å². The standard InChI is InChI=1S/C13H16N4S3/c1-10(18)15-6-3-7-16-13(19)17-11-4-2-5-12(8-11)20-9-14/h2,4-5,8H,3,6-7H2,1H3,(H,15,18)(H2,16,17,19). The van der Waals surface area contributed by atoms with Crippen molar-refractivity contribution in [2.75, 3.05) is 18.4 Å². The molecule has 106 valence electrons. The fourth-order valence-electron chi connectivity index (χ4n) is 1.42. The molecule has 0 fully saturated rings. The van der Waals surface area contributed by atoms with Crippen LogP contribution in [0.4, 0.5) is 5.69 Å². The average molecular weight is 325 g/mol. The Labute approximate surface area is 134 Å². The molecule has 1 rings (SSSR count). The first-order valence-electron chi connectivity index (χ1n) is 6.07. The van der Waals surface area contributed by atoms with E-state index in [1.165, 1.54) is 0 Å². The van der Waals surface area contributed by atoms with Gasteiger partial charge in [-0.2, -0.15) is 5.26 Å². The number of anilines is 1. The summed E-state index contributed by atoms with van der Waals surface area (Å²) in [4.78, 5) is 1.69. The molecule has 0 bridgehead atoms. The molecule has 0 spiro atoms. The molecule has 0 radical (unpaired) electrons. The van der Waals surface area contributed by atoms with E-state index in [1.54, 1.807) is 0 Å². The molecule has 0 saturated carbocycles. The summed E-state index contributed by atoms with van der Waals surface area (Å²) in [5.74, 6) is 0. The quantitative estimate of drug-likeness (QED) is 0.322. The van der Waals surface area contributed by atoms with Crippen LogP contribution in [0.1, 0.15) is 13.3 Å². The highest BCUT2D eigenvalue weighted by Gasteiger charge is 1.99. The highest BCUT2D eigenvalue weighted by Crippen LogP contribution is 2.20. The molecular formula is C13H16N4S3. The lowest BCUT2D eigenvalue weighted by Gasteiger charge is -2.11. The van der Waals surface area contributed by atoms with Gasteiger partial charge in [-0.05, 0) is 55.5 Å². The van der Waals surface area contributed by atoms with Gasteiger partial charge in [-0.15, -0.1) is 0 Å². The van der Waals surface area contributed by atoms with Gasteiger partial charge in [0.2, 0.25) is 0 Å². The summed E-state index contributed by atoms with van der Waals surface area (Å²) in [6.07, 6.45) is 0.931. The minimum Gasteiger partial charge on any atom is -0.380 e. The maximum Gasteiger partial charge on any atom is 0.170 e. The monoisotopic (exact) mass is 324 g/mol. The molecule has 0 heterocycles. The SMILES string of the molecule is CC(=S)NCCCNC(=S)Nc1cccc(SC#N)c1. The number of nitrogens with zero attached hydrogens (tertiary/aromatic N) is 1. The van der Waals surface area contributed by atoms with E-state index in [0.717, 1.165) is 46.8 Å². The smallest absolute Gasteiger partial charge is 0.170 e. The molecule has 1 aromatic rings. The number of nitriles is 1. The molecule has 0 aromatic heterocycles. The molecule has 3 N–H and O–H groups in total. The van der Waals surface area contributed by atoms with Crippen molar-refractivity contribution < 1.29 is 0 Å². The van der Waals surface area contributed by atoms with E-state index in [4.69, 9.17) is 29.7 Å². The van der Waals surface area contributed by atoms with Crippen molar-refractivity contribution in [3.05, 3.63) is 24.3 Å². The largest absolute Gasteiger partial charge is 0.380 e. The third kappa shape index (κ3) is 7.28. The molecular weight excluding hydrogens is 308 g/mol. The number of thiocarbonyl (C=S) groups is 2. The zero-order chi connectivity index (χ0) is 14.8. The Kier molecular flexibility index (Phi) is 7.95. The van der Waals surface area contributed by atoms with E-state index in [1.807, 2.05) is 36.6 Å². The minimum atomic E-state index is 0.572. The van der Waals surface area contributed by atoms with Crippen LogP contribution in [-0.2, 0) is 0 Å². The molecule has 20 heavy (non-hydrogen) atoms. The predicted octanol–water partition coefficient (Wildman–Crippen LogP) is 2.87. The van der Waals surface area contributed by atoms with Crippen LogP contribution in [0.2, 0.25) is 0 Å². The zero-order valence-corrected chi connectivity index (χ0v) is 13.6. The maximum absolute atomic E-state index is 8.64. The van der Waals surface area contributed by atoms with Crippen LogP contribution >= 0.6 is 36.2 Å². The van der Waals surface area contributed by atoms with E-state index < -0.39 is 0 Å². The van der Waals surface area contributed by atoms with Gasteiger partial charge in [0.05, 0.1) is 4.99 Å². The van der Waals surface area contributed by atoms with Gasteiger partial charge in [-0.3, -0.25) is 0 Å². The second-order valence-corrected chi connectivity index (χ2v) is 5.82. The molecule has 0 saturated heterocycles. The van der Waals surface area contributed by atoms with E-state index in [-0.39, 0.29) is 0 Å². The lowest BCUT2D eigenvalue weighted by atomic mass is 10.3. The predicted molar refractivity (Wildman–Crippen MR) is 93.0 cm³/mol. The number of hydrogen-bond acceptors (Lipinski definition) is 4. The second kappa shape index (κ2) is 9.53. The van der Waals surface area contributed by atoms with Gasteiger partial charge in [0.15, 0.2) is 5.11 Å². The van der Waals surface area contributed by atoms with E-state index in [0.29, 0.717) is 5.11 Å². The summed E-state index contributed by atoms with van der Waals surface area (Å²) in [7, 11) is 0. The van der Waals surface area contributed by atoms with Gasteiger partial charge in [0, 0.05) is 23.7 Å². The topological polar surface area (TPSA) is 59.9 Å². The Morgan fingerprint density at radius 2 is 2.05 bits per heavy atom. The van der Waals surface area contributed by atoms with Crippen LogP contribution in [0, 0.1) is 10.7 Å². The van der Waals surface area contributed by atoms with Crippen LogP contribution in [0.15, 0.2) is 29.2 Å². The fourth-order valence-corrected chi connectivity index (χ4v) is 2.18. The normalized spacial score (nSPS) is 9.40. The number of benzene rings is 1. The Morgan fingerprint density at radius 1 is 1.30 bits per heavy atom. The van der Waals surface area contributed by atoms with Gasteiger partial charge >= 0.3 is 0 Å². The average Bonchev–Trinajstić information content (AvgIpc) is 2.38. The maximum atomic E-state index is 8.64. The van der Waals surface area contributed by atoms with Gasteiger partial charge < -0.3 is 16.0 Å². The first-order chi connectivity index (χ1) is 9.61. The van der Waals surface area contributed by atoms with Crippen LogP contribution in [-0.4, -0.2) is 23.2 Å². The summed E-state index contributed by atoms with van der Waals surface area (Å²) in [5, 5.41) is 20.6. The van der Waals surface area contributed by atoms with Gasteiger partial charge in [0.1, 0.15) is 5.40 Å². The molecule has 7 heteroatoms. The summed E-state index contributed by atoms with van der Waals surface area (Å²) in [6, 6.07) is 7.57. The molecule has 0 aliphatic carbocycles. The van der Waals surface area contributed by atoms with Crippen LogP contribution in [0.3, 0.4) is 0 Å². The lowest BCUT2D eigenvalue weighted by molar-refractivity contribution is 0.747. The fraction of sp³-hybridized carbons (Fsp3) is 0.308. The second-order valence-electron chi connectivity index (χ2n) is 3.94. The molecule has 1 aromatic carbocycles. The van der Waals surface area contributed by atoms with Gasteiger partial charge in [0.25, 0.3) is 0 Å². The van der Waals surface area contributed by atoms with Gasteiger partial charge in [-0.1, -0.05) is 18.3 Å². The van der Waals surface area contributed by atoms with Crippen LogP contribution < -0.4 is 16.0 Å². The number of hydrogen-bond donors (Lipinski definition) is 3. The molecule has 0 amide bonds. The molecule has 0 aliphatic rings. The summed E-state index contributed by atoms with van der Waals surface area (Å²) in [5.41, 5.74) is 0.871. The van der Waals surface area contributed by atoms with E-state index >= 15 is 0 Å². The molecule has 0 unspecified atom stereocenters. The number of rotatable bonds is 6. The Morgan fingerprint density at radius 3 is 2.75 bits per heavy atom. The van der Waals surface area contributed by atoms with Crippen LogP contribution in [0.5, 0.6) is 0 Å². The Bertz CT molecular complexity index is 511. The highest BCUT2D eigenvalue weighted by atomic mass is 32.2. The molecule has 4 nitrogen and oxygen atoms in total. The third-order valence-electron chi connectivity index (χ3n) is 2.27. The van der Waals surface area contributed by atoms with Crippen molar-refractivity contribution in [3.63, 3.8) is 0 Å². The van der Waals surface area contributed by atoms with E-state index in [9.17, 15) is 0 Å². The molecule has 0 aliphatic heterocycles. The van der Waals surface area contributed by atoms with Crippen molar-refractivity contribution in [2.24, 2.45) is 0 Å². The van der Waals surface area contributed by atoms with E-state index in [2.05, 4.69) is 16.0 Å². The Balaban J connectivity index is 2.30. The first kappa shape index (κ1) is 16.7. The highest BCUT2D eigenvalue weighted by molar-refractivity contribution is 8.03. The Hall–Kier alpha value is -1.36. The summed E-state index contributed by atoms with van der Waals surface area (Å²) >= 11 is 11.3.